The molecule has 0 saturated heterocycles. The van der Waals surface area contributed by atoms with Crippen LogP contribution in [-0.2, 0) is 15.7 Å². The zero-order valence-electron chi connectivity index (χ0n) is 8.14. The summed E-state index contributed by atoms with van der Waals surface area (Å²) >= 11 is 8.57. The Balaban J connectivity index is 3.36. The van der Waals surface area contributed by atoms with E-state index in [1.165, 1.54) is 0 Å². The number of thiophene rings is 1. The third kappa shape index (κ3) is 2.93. The lowest BCUT2D eigenvalue weighted by atomic mass is 10.1. The topological polar surface area (TPSA) is 46.5 Å². The number of carbonyl (C=O) groups is 1. The van der Waals surface area contributed by atoms with Crippen molar-refractivity contribution in [3.8, 4) is 0 Å². The van der Waals surface area contributed by atoms with E-state index < -0.39 is 28.7 Å². The van der Waals surface area contributed by atoms with Gasteiger partial charge in [-0.25, -0.2) is 4.79 Å². The fourth-order valence-corrected chi connectivity index (χ4v) is 3.02. The number of hydrogen-bond donors (Lipinski definition) is 1. The second-order valence-corrected chi connectivity index (χ2v) is 5.27. The first kappa shape index (κ1) is 14.7. The molecule has 0 saturated carbocycles. The molecule has 1 aromatic heterocycles. The van der Waals surface area contributed by atoms with Crippen LogP contribution >= 0.6 is 38.9 Å². The summed E-state index contributed by atoms with van der Waals surface area (Å²) in [6.45, 7) is 0. The van der Waals surface area contributed by atoms with Crippen molar-refractivity contribution in [2.24, 2.45) is 0 Å². The monoisotopic (exact) mass is 352 g/mol. The summed E-state index contributed by atoms with van der Waals surface area (Å²) in [6, 6.07) is 0. The summed E-state index contributed by atoms with van der Waals surface area (Å²) in [7, 11) is 0.959. The molecular weight excluding hydrogens is 349 g/mol. The van der Waals surface area contributed by atoms with Crippen molar-refractivity contribution < 1.29 is 27.8 Å². The van der Waals surface area contributed by atoms with Crippen molar-refractivity contribution in [1.82, 2.24) is 0 Å². The van der Waals surface area contributed by atoms with Gasteiger partial charge in [0.2, 0.25) is 0 Å². The normalized spacial score (nSPS) is 13.6. The van der Waals surface area contributed by atoms with Crippen molar-refractivity contribution in [3.63, 3.8) is 0 Å². The van der Waals surface area contributed by atoms with Crippen LogP contribution in [0.1, 0.15) is 16.5 Å². The number of aliphatic hydroxyl groups is 1. The number of hydrogen-bond acceptors (Lipinski definition) is 4. The third-order valence-corrected chi connectivity index (χ3v) is 4.57. The Hall–Kier alpha value is -0.310. The average Bonchev–Trinajstić information content (AvgIpc) is 2.53. The molecule has 0 aliphatic carbocycles. The second-order valence-electron chi connectivity index (χ2n) is 2.86. The molecule has 17 heavy (non-hydrogen) atoms. The minimum Gasteiger partial charge on any atom is -0.467 e. The molecular formula is C8H5BrClF3O3S. The van der Waals surface area contributed by atoms with Gasteiger partial charge in [-0.1, -0.05) is 11.6 Å². The van der Waals surface area contributed by atoms with E-state index in [0.717, 1.165) is 7.11 Å². The quantitative estimate of drug-likeness (QED) is 0.829. The van der Waals surface area contributed by atoms with Gasteiger partial charge in [-0.15, -0.1) is 11.3 Å². The molecule has 0 radical (unpaired) electrons. The number of aliphatic hydroxyl groups excluding tert-OH is 1. The minimum absolute atomic E-state index is 0.158. The maximum atomic E-state index is 12.6. The van der Waals surface area contributed by atoms with Crippen LogP contribution in [0.25, 0.3) is 0 Å². The highest BCUT2D eigenvalue weighted by atomic mass is 79.9. The van der Waals surface area contributed by atoms with E-state index in [1.807, 2.05) is 0 Å². The fourth-order valence-electron chi connectivity index (χ4n) is 1.08. The van der Waals surface area contributed by atoms with Crippen molar-refractivity contribution in [2.75, 3.05) is 7.11 Å². The van der Waals surface area contributed by atoms with Gasteiger partial charge in [-0.3, -0.25) is 0 Å². The Labute approximate surface area is 111 Å². The summed E-state index contributed by atoms with van der Waals surface area (Å²) in [4.78, 5) is 9.92. The fraction of sp³-hybridized carbons (Fsp3) is 0.375. The van der Waals surface area contributed by atoms with E-state index in [2.05, 4.69) is 20.7 Å². The van der Waals surface area contributed by atoms with E-state index in [1.54, 1.807) is 0 Å². The predicted molar refractivity (Wildman–Crippen MR) is 59.0 cm³/mol. The first-order chi connectivity index (χ1) is 7.70. The maximum Gasteiger partial charge on any atom is 0.426 e. The lowest BCUT2D eigenvalue weighted by Crippen LogP contribution is -2.17. The number of carbonyl (C=O) groups excluding carboxylic acids is 1. The molecule has 1 N–H and O–H groups in total. The largest absolute Gasteiger partial charge is 0.467 e. The van der Waals surface area contributed by atoms with Gasteiger partial charge in [0.1, 0.15) is 9.21 Å². The van der Waals surface area contributed by atoms with E-state index in [0.29, 0.717) is 0 Å². The van der Waals surface area contributed by atoms with Gasteiger partial charge >= 0.3 is 12.1 Å². The molecule has 1 unspecified atom stereocenters. The molecule has 1 heterocycles. The molecule has 9 heteroatoms. The van der Waals surface area contributed by atoms with Crippen molar-refractivity contribution in [1.29, 1.82) is 0 Å². The van der Waals surface area contributed by atoms with Gasteiger partial charge in [-0.05, 0) is 15.9 Å². The molecule has 1 aromatic rings. The molecule has 0 aromatic carbocycles. The van der Waals surface area contributed by atoms with Gasteiger partial charge in [-0.2, -0.15) is 13.2 Å². The van der Waals surface area contributed by atoms with Crippen LogP contribution < -0.4 is 0 Å². The van der Waals surface area contributed by atoms with Crippen molar-refractivity contribution >= 4 is 44.8 Å². The molecule has 0 amide bonds. The number of methoxy groups -OCH3 is 1. The average molecular weight is 354 g/mol. The Kier molecular flexibility index (Phi) is 4.45. The third-order valence-electron chi connectivity index (χ3n) is 1.80. The van der Waals surface area contributed by atoms with Crippen LogP contribution in [-0.4, -0.2) is 18.2 Å². The highest BCUT2D eigenvalue weighted by Crippen LogP contribution is 2.47. The van der Waals surface area contributed by atoms with Gasteiger partial charge < -0.3 is 9.84 Å². The Bertz CT molecular complexity index is 446. The van der Waals surface area contributed by atoms with Crippen LogP contribution in [0, 0.1) is 0 Å². The SMILES string of the molecule is COC(=O)C(O)c1c(C(F)(F)F)sc(Cl)c1Br. The molecule has 0 aliphatic heterocycles. The predicted octanol–water partition coefficient (Wildman–Crippen LogP) is 3.39. The molecule has 1 atom stereocenters. The highest BCUT2D eigenvalue weighted by Gasteiger charge is 2.41. The molecule has 0 bridgehead atoms. The van der Waals surface area contributed by atoms with Crippen molar-refractivity contribution in [3.05, 3.63) is 19.2 Å². The minimum atomic E-state index is -4.70. The summed E-state index contributed by atoms with van der Waals surface area (Å²) < 4.78 is 41.7. The Morgan fingerprint density at radius 1 is 1.59 bits per heavy atom. The number of halogens is 5. The van der Waals surface area contributed by atoms with E-state index >= 15 is 0 Å². The lowest BCUT2D eigenvalue weighted by Gasteiger charge is -2.12. The number of ether oxygens (including phenoxy) is 1. The van der Waals surface area contributed by atoms with Gasteiger partial charge in [0.25, 0.3) is 0 Å². The smallest absolute Gasteiger partial charge is 0.426 e. The Morgan fingerprint density at radius 3 is 2.53 bits per heavy atom. The second kappa shape index (κ2) is 5.13. The lowest BCUT2D eigenvalue weighted by molar-refractivity contribution is -0.152. The molecule has 0 aliphatic rings. The standard InChI is InChI=1S/C8H5BrClF3O3S/c1-16-7(15)4(14)2-3(9)6(10)17-5(2)8(11,12)13/h4,14H,1H3. The first-order valence-electron chi connectivity index (χ1n) is 4.01. The van der Waals surface area contributed by atoms with E-state index in [4.69, 9.17) is 11.6 Å². The van der Waals surface area contributed by atoms with Crippen LogP contribution in [0.5, 0.6) is 0 Å². The molecule has 0 fully saturated rings. The van der Waals surface area contributed by atoms with E-state index in [-0.39, 0.29) is 20.1 Å². The number of alkyl halides is 3. The van der Waals surface area contributed by atoms with Crippen LogP contribution in [0.4, 0.5) is 13.2 Å². The van der Waals surface area contributed by atoms with Crippen LogP contribution in [0.2, 0.25) is 4.34 Å². The molecule has 1 rings (SSSR count). The first-order valence-corrected chi connectivity index (χ1v) is 5.99. The zero-order valence-corrected chi connectivity index (χ0v) is 11.3. The molecule has 3 nitrogen and oxygen atoms in total. The molecule has 96 valence electrons. The Morgan fingerprint density at radius 2 is 2.12 bits per heavy atom. The maximum absolute atomic E-state index is 12.6. The summed E-state index contributed by atoms with van der Waals surface area (Å²) in [5, 5.41) is 9.47. The van der Waals surface area contributed by atoms with E-state index in [9.17, 15) is 23.1 Å². The van der Waals surface area contributed by atoms with Crippen LogP contribution in [0.3, 0.4) is 0 Å². The summed E-state index contributed by atoms with van der Waals surface area (Å²) in [6.07, 6.45) is -6.74. The van der Waals surface area contributed by atoms with Gasteiger partial charge in [0, 0.05) is 5.56 Å². The summed E-state index contributed by atoms with van der Waals surface area (Å²) in [5.74, 6) is -1.19. The number of rotatable bonds is 2. The van der Waals surface area contributed by atoms with Gasteiger partial charge in [0.15, 0.2) is 6.10 Å². The van der Waals surface area contributed by atoms with Crippen LogP contribution in [0.15, 0.2) is 4.47 Å². The number of esters is 1. The van der Waals surface area contributed by atoms with Crippen molar-refractivity contribution in [2.45, 2.75) is 12.3 Å². The molecule has 0 spiro atoms. The van der Waals surface area contributed by atoms with Gasteiger partial charge in [0.05, 0.1) is 11.6 Å². The highest BCUT2D eigenvalue weighted by molar-refractivity contribution is 9.10. The summed E-state index contributed by atoms with van der Waals surface area (Å²) in [5.41, 5.74) is -0.626. The zero-order chi connectivity index (χ0) is 13.4.